The minimum Gasteiger partial charge on any atom is -0.543 e. The molecule has 2 aromatic carbocycles. The smallest absolute Gasteiger partial charge is 0.255 e. The number of amides is 1. The molecule has 0 heterocycles. The summed E-state index contributed by atoms with van der Waals surface area (Å²) in [5.41, 5.74) is 1.47. The number of carboxylic acids is 1. The second-order valence-electron chi connectivity index (χ2n) is 7.59. The van der Waals surface area contributed by atoms with Gasteiger partial charge in [0.2, 0.25) is 5.75 Å². The van der Waals surface area contributed by atoms with Crippen LogP contribution in [0.5, 0.6) is 17.2 Å². The maximum atomic E-state index is 12.7. The monoisotopic (exact) mass is 412 g/mol. The number of hydrogen-bond donors (Lipinski definition) is 1. The van der Waals surface area contributed by atoms with Crippen molar-refractivity contribution in [3.63, 3.8) is 0 Å². The number of hydrogen-bond acceptors (Lipinski definition) is 6. The van der Waals surface area contributed by atoms with E-state index in [2.05, 4.69) is 26.1 Å². The molecule has 0 radical (unpaired) electrons. The first kappa shape index (κ1) is 22.8. The van der Waals surface area contributed by atoms with Crippen LogP contribution in [0.2, 0.25) is 0 Å². The van der Waals surface area contributed by atoms with E-state index in [1.54, 1.807) is 12.1 Å². The number of carbonyl (C=O) groups is 2. The van der Waals surface area contributed by atoms with E-state index < -0.39 is 11.9 Å². The van der Waals surface area contributed by atoms with Crippen LogP contribution in [0, 0.1) is 0 Å². The summed E-state index contributed by atoms with van der Waals surface area (Å²) in [5.74, 6) is -1.28. The van der Waals surface area contributed by atoms with Crippen LogP contribution in [0.3, 0.4) is 0 Å². The average Bonchev–Trinajstić information content (AvgIpc) is 2.71. The van der Waals surface area contributed by atoms with Crippen molar-refractivity contribution in [2.75, 3.05) is 21.3 Å². The largest absolute Gasteiger partial charge is 0.543 e. The van der Waals surface area contributed by atoms with Gasteiger partial charge >= 0.3 is 0 Å². The molecular formula is C23H26NO6-. The van der Waals surface area contributed by atoms with Gasteiger partial charge in [-0.05, 0) is 34.8 Å². The van der Waals surface area contributed by atoms with Gasteiger partial charge in [-0.25, -0.2) is 0 Å². The molecule has 160 valence electrons. The third kappa shape index (κ3) is 5.31. The van der Waals surface area contributed by atoms with E-state index >= 15 is 0 Å². The molecule has 0 spiro atoms. The van der Waals surface area contributed by atoms with Gasteiger partial charge in [0.15, 0.2) is 11.5 Å². The highest BCUT2D eigenvalue weighted by Gasteiger charge is 2.18. The topological polar surface area (TPSA) is 96.9 Å². The number of nitrogens with one attached hydrogen (secondary N) is 1. The van der Waals surface area contributed by atoms with Crippen LogP contribution in [0.1, 0.15) is 42.3 Å². The Kier molecular flexibility index (Phi) is 7.10. The molecule has 1 N–H and O–H groups in total. The Balaban J connectivity index is 2.34. The number of methoxy groups -OCH3 is 3. The van der Waals surface area contributed by atoms with Crippen LogP contribution in [0.25, 0.3) is 6.08 Å². The van der Waals surface area contributed by atoms with Crippen LogP contribution >= 0.6 is 0 Å². The summed E-state index contributed by atoms with van der Waals surface area (Å²) in [6.07, 6.45) is 1.34. The number of ether oxygens (including phenoxy) is 3. The van der Waals surface area contributed by atoms with Crippen molar-refractivity contribution in [3.05, 3.63) is 58.8 Å². The van der Waals surface area contributed by atoms with Gasteiger partial charge in [0.25, 0.3) is 5.91 Å². The summed E-state index contributed by atoms with van der Waals surface area (Å²) in [5, 5.41) is 14.0. The molecule has 0 saturated heterocycles. The lowest BCUT2D eigenvalue weighted by Crippen LogP contribution is -2.35. The molecule has 0 unspecified atom stereocenters. The summed E-state index contributed by atoms with van der Waals surface area (Å²) in [6.45, 7) is 6.26. The molecule has 7 heteroatoms. The number of carbonyl (C=O) groups excluding carboxylic acids is 2. The van der Waals surface area contributed by atoms with Crippen molar-refractivity contribution in [2.45, 2.75) is 26.2 Å². The van der Waals surface area contributed by atoms with Gasteiger partial charge in [0.05, 0.1) is 33.0 Å². The molecule has 0 fully saturated rings. The van der Waals surface area contributed by atoms with Crippen molar-refractivity contribution in [1.82, 2.24) is 5.32 Å². The van der Waals surface area contributed by atoms with E-state index in [1.807, 2.05) is 12.1 Å². The van der Waals surface area contributed by atoms with E-state index in [1.165, 1.54) is 39.5 Å². The van der Waals surface area contributed by atoms with E-state index in [0.717, 1.165) is 5.56 Å². The quantitative estimate of drug-likeness (QED) is 0.702. The van der Waals surface area contributed by atoms with Crippen LogP contribution in [0.15, 0.2) is 42.1 Å². The van der Waals surface area contributed by atoms with E-state index in [4.69, 9.17) is 14.2 Å². The molecule has 2 aromatic rings. The highest BCUT2D eigenvalue weighted by atomic mass is 16.5. The Morgan fingerprint density at radius 2 is 1.47 bits per heavy atom. The summed E-state index contributed by atoms with van der Waals surface area (Å²) in [6, 6.07) is 10.3. The molecule has 0 atom stereocenters. The van der Waals surface area contributed by atoms with Crippen molar-refractivity contribution < 1.29 is 28.9 Å². The second-order valence-corrected chi connectivity index (χ2v) is 7.59. The van der Waals surface area contributed by atoms with Crippen LogP contribution in [-0.4, -0.2) is 33.2 Å². The summed E-state index contributed by atoms with van der Waals surface area (Å²) < 4.78 is 15.7. The van der Waals surface area contributed by atoms with Crippen molar-refractivity contribution in [3.8, 4) is 17.2 Å². The van der Waals surface area contributed by atoms with E-state index in [9.17, 15) is 14.7 Å². The minimum absolute atomic E-state index is 0.0277. The van der Waals surface area contributed by atoms with Gasteiger partial charge < -0.3 is 29.4 Å². The fourth-order valence-electron chi connectivity index (χ4n) is 2.80. The predicted molar refractivity (Wildman–Crippen MR) is 112 cm³/mol. The predicted octanol–water partition coefficient (Wildman–Crippen LogP) is 2.53. The van der Waals surface area contributed by atoms with Crippen LogP contribution in [-0.2, 0) is 10.2 Å². The fraction of sp³-hybridized carbons (Fsp3) is 0.304. The minimum atomic E-state index is -1.50. The molecular weight excluding hydrogens is 386 g/mol. The second kappa shape index (κ2) is 9.35. The lowest BCUT2D eigenvalue weighted by Gasteiger charge is -2.19. The van der Waals surface area contributed by atoms with Crippen LogP contribution < -0.4 is 24.6 Å². The normalized spacial score (nSPS) is 11.6. The molecule has 30 heavy (non-hydrogen) atoms. The number of benzene rings is 2. The lowest BCUT2D eigenvalue weighted by atomic mass is 9.87. The number of aliphatic carboxylic acids is 1. The Morgan fingerprint density at radius 1 is 0.933 bits per heavy atom. The van der Waals surface area contributed by atoms with E-state index in [-0.39, 0.29) is 28.2 Å². The first-order chi connectivity index (χ1) is 14.1. The lowest BCUT2D eigenvalue weighted by molar-refractivity contribution is -0.299. The van der Waals surface area contributed by atoms with Gasteiger partial charge in [-0.1, -0.05) is 45.0 Å². The standard InChI is InChI=1S/C23H27NO6/c1-23(2,3)16-9-7-14(8-10-16)11-17(22(26)27)24-21(25)15-12-18(28-4)20(30-6)19(13-15)29-5/h7-13H,1-6H3,(H,24,25)(H,26,27)/p-1/b17-11+. The number of rotatable bonds is 7. The van der Waals surface area contributed by atoms with Gasteiger partial charge in [0, 0.05) is 5.56 Å². The summed E-state index contributed by atoms with van der Waals surface area (Å²) in [4.78, 5) is 24.3. The van der Waals surface area contributed by atoms with Gasteiger partial charge in [-0.15, -0.1) is 0 Å². The molecule has 0 bridgehead atoms. The molecule has 1 amide bonds. The Labute approximate surface area is 176 Å². The third-order valence-corrected chi connectivity index (χ3v) is 4.48. The summed E-state index contributed by atoms with van der Waals surface area (Å²) >= 11 is 0. The molecule has 0 saturated carbocycles. The zero-order chi connectivity index (χ0) is 22.5. The number of carboxylic acid groups (broad SMARTS) is 1. The molecule has 0 aliphatic heterocycles. The molecule has 0 aliphatic carbocycles. The van der Waals surface area contributed by atoms with Gasteiger partial charge in [-0.2, -0.15) is 0 Å². The van der Waals surface area contributed by atoms with Crippen molar-refractivity contribution >= 4 is 18.0 Å². The van der Waals surface area contributed by atoms with Crippen molar-refractivity contribution in [2.24, 2.45) is 0 Å². The van der Waals surface area contributed by atoms with Crippen LogP contribution in [0.4, 0.5) is 0 Å². The highest BCUT2D eigenvalue weighted by Crippen LogP contribution is 2.38. The fourth-order valence-corrected chi connectivity index (χ4v) is 2.80. The SMILES string of the molecule is COc1cc(C(=O)N/C(=C/c2ccc(C(C)(C)C)cc2)C(=O)[O-])cc(OC)c1OC. The Bertz CT molecular complexity index is 930. The van der Waals surface area contributed by atoms with Gasteiger partial charge in [-0.3, -0.25) is 4.79 Å². The van der Waals surface area contributed by atoms with E-state index in [0.29, 0.717) is 11.3 Å². The first-order valence-electron chi connectivity index (χ1n) is 9.25. The molecule has 0 aliphatic rings. The molecule has 2 rings (SSSR count). The maximum Gasteiger partial charge on any atom is 0.255 e. The zero-order valence-corrected chi connectivity index (χ0v) is 18.0. The highest BCUT2D eigenvalue weighted by molar-refractivity contribution is 6.02. The Hall–Kier alpha value is -3.48. The maximum absolute atomic E-state index is 12.7. The van der Waals surface area contributed by atoms with Gasteiger partial charge in [0.1, 0.15) is 0 Å². The first-order valence-corrected chi connectivity index (χ1v) is 9.25. The third-order valence-electron chi connectivity index (χ3n) is 4.48. The molecule has 7 nitrogen and oxygen atoms in total. The summed E-state index contributed by atoms with van der Waals surface area (Å²) in [7, 11) is 4.29. The Morgan fingerprint density at radius 3 is 1.87 bits per heavy atom. The van der Waals surface area contributed by atoms with Crippen molar-refractivity contribution in [1.29, 1.82) is 0 Å². The average molecular weight is 412 g/mol. The zero-order valence-electron chi connectivity index (χ0n) is 18.0. The molecule has 0 aromatic heterocycles.